The Morgan fingerprint density at radius 1 is 1.47 bits per heavy atom. The van der Waals surface area contributed by atoms with Crippen molar-refractivity contribution in [3.05, 3.63) is 17.6 Å². The predicted molar refractivity (Wildman–Crippen MR) is 59.8 cm³/mol. The van der Waals surface area contributed by atoms with Gasteiger partial charge >= 0.3 is 0 Å². The minimum Gasteiger partial charge on any atom is -0.441 e. The van der Waals surface area contributed by atoms with E-state index in [0.717, 1.165) is 19.3 Å². The van der Waals surface area contributed by atoms with Crippen LogP contribution in [0.25, 0.3) is 0 Å². The molecule has 0 bridgehead atoms. The molecule has 0 radical (unpaired) electrons. The van der Waals surface area contributed by atoms with Crippen molar-refractivity contribution in [1.82, 2.24) is 4.98 Å². The Balaban J connectivity index is 2.44. The zero-order valence-electron chi connectivity index (χ0n) is 9.96. The van der Waals surface area contributed by atoms with Crippen LogP contribution in [0.2, 0.25) is 0 Å². The number of carbonyl (C=O) groups excluding carboxylic acids is 1. The molecule has 0 atom stereocenters. The highest BCUT2D eigenvalue weighted by atomic mass is 19.1. The lowest BCUT2D eigenvalue weighted by Crippen LogP contribution is -2.43. The Labute approximate surface area is 99.4 Å². The molecule has 0 unspecified atom stereocenters. The van der Waals surface area contributed by atoms with Crippen molar-refractivity contribution in [1.29, 1.82) is 0 Å². The maximum absolute atomic E-state index is 13.8. The molecule has 1 fully saturated rings. The lowest BCUT2D eigenvalue weighted by molar-refractivity contribution is -0.125. The van der Waals surface area contributed by atoms with E-state index in [4.69, 9.17) is 10.2 Å². The number of nitrogens with zero attached hydrogens (tertiary/aromatic N) is 1. The number of oxazole rings is 1. The van der Waals surface area contributed by atoms with Gasteiger partial charge in [-0.25, -0.2) is 0 Å². The summed E-state index contributed by atoms with van der Waals surface area (Å²) < 4.78 is 19.2. The summed E-state index contributed by atoms with van der Waals surface area (Å²) in [6.07, 6.45) is 4.39. The molecule has 0 spiro atoms. The van der Waals surface area contributed by atoms with E-state index in [9.17, 15) is 9.18 Å². The molecule has 0 aliphatic heterocycles. The lowest BCUT2D eigenvalue weighted by Gasteiger charge is -2.31. The Morgan fingerprint density at radius 3 is 2.59 bits per heavy atom. The maximum atomic E-state index is 13.8. The first kappa shape index (κ1) is 12.1. The molecule has 4 nitrogen and oxygen atoms in total. The molecule has 5 heteroatoms. The number of rotatable bonds is 3. The molecule has 2 rings (SSSR count). The van der Waals surface area contributed by atoms with Gasteiger partial charge in [-0.3, -0.25) is 4.79 Å². The predicted octanol–water partition coefficient (Wildman–Crippen LogP) is 2.06. The summed E-state index contributed by atoms with van der Waals surface area (Å²) >= 11 is 0. The smallest absolute Gasteiger partial charge is 0.255 e. The van der Waals surface area contributed by atoms with Crippen LogP contribution in [0.3, 0.4) is 0 Å². The van der Waals surface area contributed by atoms with Crippen LogP contribution in [0.1, 0.15) is 50.7 Å². The van der Waals surface area contributed by atoms with Gasteiger partial charge in [0.05, 0.1) is 0 Å². The lowest BCUT2D eigenvalue weighted by atomic mass is 9.72. The summed E-state index contributed by atoms with van der Waals surface area (Å²) in [7, 11) is 0. The SMILES string of the molecule is CCc1nc(F)c(C2(C(N)=O)CCCCC2)o1. The van der Waals surface area contributed by atoms with E-state index in [1.54, 1.807) is 0 Å². The monoisotopic (exact) mass is 240 g/mol. The van der Waals surface area contributed by atoms with Crippen molar-refractivity contribution in [2.45, 2.75) is 50.9 Å². The Hall–Kier alpha value is -1.39. The third-order valence-electron chi connectivity index (χ3n) is 3.55. The number of primary amides is 1. The van der Waals surface area contributed by atoms with Gasteiger partial charge in [-0.1, -0.05) is 26.2 Å². The number of aromatic nitrogens is 1. The van der Waals surface area contributed by atoms with E-state index in [2.05, 4.69) is 4.98 Å². The van der Waals surface area contributed by atoms with E-state index in [-0.39, 0.29) is 5.76 Å². The summed E-state index contributed by atoms with van der Waals surface area (Å²) in [5.74, 6) is -0.817. The molecular weight excluding hydrogens is 223 g/mol. The highest BCUT2D eigenvalue weighted by molar-refractivity contribution is 5.86. The summed E-state index contributed by atoms with van der Waals surface area (Å²) in [6, 6.07) is 0. The Kier molecular flexibility index (Phi) is 3.17. The zero-order valence-corrected chi connectivity index (χ0v) is 9.96. The van der Waals surface area contributed by atoms with Gasteiger partial charge in [0.1, 0.15) is 5.41 Å². The molecular formula is C12H17FN2O2. The van der Waals surface area contributed by atoms with E-state index in [1.807, 2.05) is 6.92 Å². The molecule has 1 aromatic rings. The van der Waals surface area contributed by atoms with Crippen molar-refractivity contribution in [3.8, 4) is 0 Å². The number of amides is 1. The molecule has 1 heterocycles. The van der Waals surface area contributed by atoms with Gasteiger partial charge in [0.25, 0.3) is 5.95 Å². The van der Waals surface area contributed by atoms with Crippen molar-refractivity contribution >= 4 is 5.91 Å². The first-order chi connectivity index (χ1) is 8.10. The van der Waals surface area contributed by atoms with Gasteiger partial charge in [0.15, 0.2) is 11.7 Å². The average Bonchev–Trinajstić information content (AvgIpc) is 2.71. The molecule has 1 aliphatic carbocycles. The fraction of sp³-hybridized carbons (Fsp3) is 0.667. The minimum atomic E-state index is -0.983. The van der Waals surface area contributed by atoms with Gasteiger partial charge in [0.2, 0.25) is 5.91 Å². The largest absolute Gasteiger partial charge is 0.441 e. The second-order valence-electron chi connectivity index (χ2n) is 4.59. The quantitative estimate of drug-likeness (QED) is 0.879. The molecule has 0 aromatic carbocycles. The Morgan fingerprint density at radius 2 is 2.12 bits per heavy atom. The molecule has 2 N–H and O–H groups in total. The van der Waals surface area contributed by atoms with Gasteiger partial charge in [0, 0.05) is 6.42 Å². The minimum absolute atomic E-state index is 0.0431. The summed E-state index contributed by atoms with van der Waals surface area (Å²) in [6.45, 7) is 1.83. The number of carbonyl (C=O) groups is 1. The normalized spacial score (nSPS) is 19.2. The molecule has 94 valence electrons. The van der Waals surface area contributed by atoms with Gasteiger partial charge in [-0.05, 0) is 12.8 Å². The molecule has 0 saturated heterocycles. The highest BCUT2D eigenvalue weighted by Gasteiger charge is 2.45. The van der Waals surface area contributed by atoms with Crippen molar-refractivity contribution < 1.29 is 13.6 Å². The van der Waals surface area contributed by atoms with Crippen LogP contribution in [-0.4, -0.2) is 10.9 Å². The zero-order chi connectivity index (χ0) is 12.5. The summed E-state index contributed by atoms with van der Waals surface area (Å²) in [5, 5.41) is 0. The summed E-state index contributed by atoms with van der Waals surface area (Å²) in [5.41, 5.74) is 4.48. The molecule has 1 aliphatic rings. The van der Waals surface area contributed by atoms with Crippen LogP contribution in [0.4, 0.5) is 4.39 Å². The fourth-order valence-corrected chi connectivity index (χ4v) is 2.53. The average molecular weight is 240 g/mol. The molecule has 1 aromatic heterocycles. The van der Waals surface area contributed by atoms with Crippen LogP contribution >= 0.6 is 0 Å². The van der Waals surface area contributed by atoms with Gasteiger partial charge < -0.3 is 10.2 Å². The highest BCUT2D eigenvalue weighted by Crippen LogP contribution is 2.40. The molecule has 17 heavy (non-hydrogen) atoms. The maximum Gasteiger partial charge on any atom is 0.255 e. The van der Waals surface area contributed by atoms with Crippen LogP contribution < -0.4 is 5.73 Å². The number of halogens is 1. The standard InChI is InChI=1S/C12H17FN2O2/c1-2-8-15-10(13)9(17-8)12(11(14)16)6-4-3-5-7-12/h2-7H2,1H3,(H2,14,16). The first-order valence-electron chi connectivity index (χ1n) is 6.06. The van der Waals surface area contributed by atoms with Crippen LogP contribution in [-0.2, 0) is 16.6 Å². The van der Waals surface area contributed by atoms with E-state index in [1.165, 1.54) is 0 Å². The van der Waals surface area contributed by atoms with Crippen molar-refractivity contribution in [3.63, 3.8) is 0 Å². The van der Waals surface area contributed by atoms with E-state index < -0.39 is 17.3 Å². The first-order valence-corrected chi connectivity index (χ1v) is 6.06. The second kappa shape index (κ2) is 4.47. The van der Waals surface area contributed by atoms with Crippen molar-refractivity contribution in [2.75, 3.05) is 0 Å². The number of aryl methyl sites for hydroxylation is 1. The number of hydrogen-bond donors (Lipinski definition) is 1. The van der Waals surface area contributed by atoms with Gasteiger partial charge in [-0.15, -0.1) is 0 Å². The number of hydrogen-bond acceptors (Lipinski definition) is 3. The van der Waals surface area contributed by atoms with Gasteiger partial charge in [-0.2, -0.15) is 9.37 Å². The fourth-order valence-electron chi connectivity index (χ4n) is 2.53. The number of nitrogens with two attached hydrogens (primary N) is 1. The van der Waals surface area contributed by atoms with Crippen LogP contribution in [0.15, 0.2) is 4.42 Å². The molecule has 1 amide bonds. The third kappa shape index (κ3) is 1.94. The van der Waals surface area contributed by atoms with E-state index >= 15 is 0 Å². The van der Waals surface area contributed by atoms with Crippen LogP contribution in [0.5, 0.6) is 0 Å². The van der Waals surface area contributed by atoms with E-state index in [0.29, 0.717) is 25.2 Å². The topological polar surface area (TPSA) is 69.1 Å². The summed E-state index contributed by atoms with van der Waals surface area (Å²) in [4.78, 5) is 15.4. The second-order valence-corrected chi connectivity index (χ2v) is 4.59. The van der Waals surface area contributed by atoms with Crippen molar-refractivity contribution in [2.24, 2.45) is 5.73 Å². The van der Waals surface area contributed by atoms with Crippen LogP contribution in [0, 0.1) is 5.95 Å². The molecule has 1 saturated carbocycles. The Bertz CT molecular complexity index is 422. The third-order valence-corrected chi connectivity index (χ3v) is 3.55.